The topological polar surface area (TPSA) is 37.8 Å². The van der Waals surface area contributed by atoms with Gasteiger partial charge >= 0.3 is 0 Å². The standard InChI is InChI=1S/C11H15N3/c1-4-6-7-12-11-8-10(5-2)13-9(3)14-11/h1,8H,5-7H2,2-3H3,(H,12,13,14). The molecule has 0 amide bonds. The lowest BCUT2D eigenvalue weighted by Crippen LogP contribution is -2.05. The molecule has 14 heavy (non-hydrogen) atoms. The summed E-state index contributed by atoms with van der Waals surface area (Å²) in [6.07, 6.45) is 6.79. The predicted molar refractivity (Wildman–Crippen MR) is 58.1 cm³/mol. The van der Waals surface area contributed by atoms with E-state index in [1.54, 1.807) is 0 Å². The minimum atomic E-state index is 0.713. The zero-order valence-electron chi connectivity index (χ0n) is 8.67. The molecule has 0 aliphatic rings. The van der Waals surface area contributed by atoms with Gasteiger partial charge in [0.1, 0.15) is 11.6 Å². The summed E-state index contributed by atoms with van der Waals surface area (Å²) in [7, 11) is 0. The number of aryl methyl sites for hydroxylation is 2. The van der Waals surface area contributed by atoms with E-state index < -0.39 is 0 Å². The summed E-state index contributed by atoms with van der Waals surface area (Å²) in [5.74, 6) is 4.24. The van der Waals surface area contributed by atoms with E-state index in [9.17, 15) is 0 Å². The molecule has 0 fully saturated rings. The van der Waals surface area contributed by atoms with Gasteiger partial charge in [-0.05, 0) is 13.3 Å². The van der Waals surface area contributed by atoms with Gasteiger partial charge in [0.15, 0.2) is 0 Å². The van der Waals surface area contributed by atoms with Crippen LogP contribution < -0.4 is 5.32 Å². The molecule has 0 aliphatic heterocycles. The Balaban J connectivity index is 2.67. The molecule has 0 atom stereocenters. The van der Waals surface area contributed by atoms with E-state index in [1.807, 2.05) is 13.0 Å². The zero-order valence-corrected chi connectivity index (χ0v) is 8.67. The highest BCUT2D eigenvalue weighted by Gasteiger charge is 1.98. The monoisotopic (exact) mass is 189 g/mol. The van der Waals surface area contributed by atoms with Gasteiger partial charge in [-0.15, -0.1) is 12.3 Å². The molecule has 0 bridgehead atoms. The number of nitrogens with zero attached hydrogens (tertiary/aromatic N) is 2. The Morgan fingerprint density at radius 3 is 2.93 bits per heavy atom. The smallest absolute Gasteiger partial charge is 0.129 e. The summed E-state index contributed by atoms with van der Waals surface area (Å²) in [5, 5.41) is 3.17. The van der Waals surface area contributed by atoms with Crippen molar-refractivity contribution in [3.8, 4) is 12.3 Å². The molecule has 1 N–H and O–H groups in total. The second-order valence-corrected chi connectivity index (χ2v) is 3.03. The fraction of sp³-hybridized carbons (Fsp3) is 0.455. The van der Waals surface area contributed by atoms with Crippen molar-refractivity contribution in [2.45, 2.75) is 26.7 Å². The molecule has 3 heteroatoms. The Morgan fingerprint density at radius 2 is 2.29 bits per heavy atom. The van der Waals surface area contributed by atoms with E-state index in [4.69, 9.17) is 6.42 Å². The molecule has 0 aliphatic carbocycles. The molecule has 0 radical (unpaired) electrons. The highest BCUT2D eigenvalue weighted by molar-refractivity contribution is 5.36. The number of nitrogens with one attached hydrogen (secondary N) is 1. The summed E-state index contributed by atoms with van der Waals surface area (Å²) in [6, 6.07) is 1.96. The van der Waals surface area contributed by atoms with Crippen LogP contribution in [0.1, 0.15) is 24.9 Å². The number of aromatic nitrogens is 2. The quantitative estimate of drug-likeness (QED) is 0.579. The average Bonchev–Trinajstić information content (AvgIpc) is 2.17. The van der Waals surface area contributed by atoms with Gasteiger partial charge in [-0.2, -0.15) is 0 Å². The van der Waals surface area contributed by atoms with Crippen molar-refractivity contribution in [1.29, 1.82) is 0 Å². The molecule has 74 valence electrons. The first-order valence-electron chi connectivity index (χ1n) is 4.78. The van der Waals surface area contributed by atoms with Crippen LogP contribution in [0.5, 0.6) is 0 Å². The summed E-state index contributed by atoms with van der Waals surface area (Å²) in [5.41, 5.74) is 1.06. The zero-order chi connectivity index (χ0) is 10.4. The lowest BCUT2D eigenvalue weighted by molar-refractivity contribution is 0.940. The lowest BCUT2D eigenvalue weighted by atomic mass is 10.3. The third-order valence-electron chi connectivity index (χ3n) is 1.83. The van der Waals surface area contributed by atoms with Crippen molar-refractivity contribution in [3.05, 3.63) is 17.6 Å². The fourth-order valence-electron chi connectivity index (χ4n) is 1.16. The van der Waals surface area contributed by atoms with Crippen LogP contribution in [-0.2, 0) is 6.42 Å². The lowest BCUT2D eigenvalue weighted by Gasteiger charge is -2.05. The van der Waals surface area contributed by atoms with Gasteiger partial charge in [0, 0.05) is 24.7 Å². The summed E-state index contributed by atoms with van der Waals surface area (Å²) in [6.45, 7) is 4.73. The molecule has 1 aromatic heterocycles. The second kappa shape index (κ2) is 5.23. The molecular formula is C11H15N3. The van der Waals surface area contributed by atoms with Crippen LogP contribution >= 0.6 is 0 Å². The van der Waals surface area contributed by atoms with Gasteiger partial charge in [-0.3, -0.25) is 0 Å². The average molecular weight is 189 g/mol. The van der Waals surface area contributed by atoms with E-state index in [-0.39, 0.29) is 0 Å². The molecule has 0 unspecified atom stereocenters. The first kappa shape index (κ1) is 10.5. The van der Waals surface area contributed by atoms with E-state index in [1.165, 1.54) is 0 Å². The summed E-state index contributed by atoms with van der Waals surface area (Å²) < 4.78 is 0. The number of terminal acetylenes is 1. The van der Waals surface area contributed by atoms with Crippen LogP contribution in [0.3, 0.4) is 0 Å². The van der Waals surface area contributed by atoms with Crippen molar-refractivity contribution >= 4 is 5.82 Å². The van der Waals surface area contributed by atoms with Crippen LogP contribution in [0, 0.1) is 19.3 Å². The highest BCUT2D eigenvalue weighted by Crippen LogP contribution is 2.06. The maximum atomic E-state index is 5.16. The van der Waals surface area contributed by atoms with E-state index >= 15 is 0 Å². The van der Waals surface area contributed by atoms with Crippen LogP contribution in [0.4, 0.5) is 5.82 Å². The van der Waals surface area contributed by atoms with Crippen molar-refractivity contribution < 1.29 is 0 Å². The molecule has 0 saturated heterocycles. The highest BCUT2D eigenvalue weighted by atomic mass is 15.0. The Hall–Kier alpha value is -1.56. The molecule has 0 saturated carbocycles. The first-order chi connectivity index (χ1) is 6.76. The number of rotatable bonds is 4. The third kappa shape index (κ3) is 3.06. The molecule has 0 aromatic carbocycles. The Morgan fingerprint density at radius 1 is 1.50 bits per heavy atom. The molecule has 1 aromatic rings. The third-order valence-corrected chi connectivity index (χ3v) is 1.83. The normalized spacial score (nSPS) is 9.50. The molecular weight excluding hydrogens is 174 g/mol. The molecule has 1 rings (SSSR count). The van der Waals surface area contributed by atoms with Crippen LogP contribution in [0.15, 0.2) is 6.07 Å². The molecule has 3 nitrogen and oxygen atoms in total. The fourth-order valence-corrected chi connectivity index (χ4v) is 1.16. The van der Waals surface area contributed by atoms with Crippen LogP contribution in [0.2, 0.25) is 0 Å². The van der Waals surface area contributed by atoms with Crippen LogP contribution in [-0.4, -0.2) is 16.5 Å². The Bertz CT molecular complexity index is 339. The van der Waals surface area contributed by atoms with Crippen molar-refractivity contribution in [2.24, 2.45) is 0 Å². The van der Waals surface area contributed by atoms with Gasteiger partial charge in [0.2, 0.25) is 0 Å². The van der Waals surface area contributed by atoms with Gasteiger partial charge < -0.3 is 5.32 Å². The number of hydrogen-bond donors (Lipinski definition) is 1. The Kier molecular flexibility index (Phi) is 3.93. The summed E-state index contributed by atoms with van der Waals surface area (Å²) >= 11 is 0. The van der Waals surface area contributed by atoms with Gasteiger partial charge in [0.05, 0.1) is 0 Å². The van der Waals surface area contributed by atoms with Crippen LogP contribution in [0.25, 0.3) is 0 Å². The minimum absolute atomic E-state index is 0.713. The van der Waals surface area contributed by atoms with Crippen molar-refractivity contribution in [2.75, 3.05) is 11.9 Å². The van der Waals surface area contributed by atoms with Gasteiger partial charge in [0.25, 0.3) is 0 Å². The van der Waals surface area contributed by atoms with E-state index in [0.29, 0.717) is 6.42 Å². The number of hydrogen-bond acceptors (Lipinski definition) is 3. The second-order valence-electron chi connectivity index (χ2n) is 3.03. The Labute approximate surface area is 85.0 Å². The predicted octanol–water partition coefficient (Wildman–Crippen LogP) is 1.78. The van der Waals surface area contributed by atoms with E-state index in [0.717, 1.165) is 30.3 Å². The number of anilines is 1. The maximum absolute atomic E-state index is 5.16. The van der Waals surface area contributed by atoms with Gasteiger partial charge in [-0.25, -0.2) is 9.97 Å². The van der Waals surface area contributed by atoms with Gasteiger partial charge in [-0.1, -0.05) is 6.92 Å². The maximum Gasteiger partial charge on any atom is 0.129 e. The van der Waals surface area contributed by atoms with E-state index in [2.05, 4.69) is 28.1 Å². The molecule has 1 heterocycles. The molecule has 0 spiro atoms. The SMILES string of the molecule is C#CCCNc1cc(CC)nc(C)n1. The van der Waals surface area contributed by atoms with Crippen molar-refractivity contribution in [3.63, 3.8) is 0 Å². The largest absolute Gasteiger partial charge is 0.369 e. The summed E-state index contributed by atoms with van der Waals surface area (Å²) in [4.78, 5) is 8.55. The van der Waals surface area contributed by atoms with Crippen molar-refractivity contribution in [1.82, 2.24) is 9.97 Å². The first-order valence-corrected chi connectivity index (χ1v) is 4.78. The minimum Gasteiger partial charge on any atom is -0.369 e.